The number of hydrogen-bond acceptors (Lipinski definition) is 1. The molecule has 0 radical (unpaired) electrons. The van der Waals surface area contributed by atoms with E-state index in [-0.39, 0.29) is 0 Å². The smallest absolute Gasteiger partial charge is 0.143 e. The van der Waals surface area contributed by atoms with Crippen LogP contribution in [0.25, 0.3) is 32.7 Å². The topological polar surface area (TPSA) is 13.1 Å². The minimum Gasteiger partial charge on any atom is -0.455 e. The van der Waals surface area contributed by atoms with E-state index in [0.29, 0.717) is 0 Å². The van der Waals surface area contributed by atoms with Gasteiger partial charge in [-0.15, -0.1) is 0 Å². The molecule has 1 heterocycles. The highest BCUT2D eigenvalue weighted by Gasteiger charge is 2.14. The summed E-state index contributed by atoms with van der Waals surface area (Å²) in [6.45, 7) is 2.24. The van der Waals surface area contributed by atoms with Crippen molar-refractivity contribution < 1.29 is 4.42 Å². The number of para-hydroxylation sites is 1. The Bertz CT molecular complexity index is 930. The Morgan fingerprint density at radius 3 is 2.52 bits per heavy atom. The number of furan rings is 1. The van der Waals surface area contributed by atoms with Crippen LogP contribution in [-0.2, 0) is 6.42 Å². The van der Waals surface area contributed by atoms with Gasteiger partial charge in [0.2, 0.25) is 0 Å². The van der Waals surface area contributed by atoms with Crippen LogP contribution < -0.4 is 0 Å². The number of fused-ring (bicyclic) bond motifs is 5. The summed E-state index contributed by atoms with van der Waals surface area (Å²) in [5, 5.41) is 5.03. The molecule has 0 N–H and O–H groups in total. The molecule has 0 atom stereocenters. The summed E-state index contributed by atoms with van der Waals surface area (Å²) < 4.78 is 6.19. The van der Waals surface area contributed by atoms with Crippen LogP contribution in [-0.4, -0.2) is 0 Å². The molecule has 4 rings (SSSR count). The maximum absolute atomic E-state index is 6.19. The van der Waals surface area contributed by atoms with Crippen molar-refractivity contribution in [2.24, 2.45) is 0 Å². The summed E-state index contributed by atoms with van der Waals surface area (Å²) in [6.07, 6.45) is 3.54. The molecule has 0 fully saturated rings. The van der Waals surface area contributed by atoms with Crippen LogP contribution in [0.5, 0.6) is 0 Å². The summed E-state index contributed by atoms with van der Waals surface area (Å²) in [5.41, 5.74) is 3.44. The maximum Gasteiger partial charge on any atom is 0.143 e. The van der Waals surface area contributed by atoms with Crippen molar-refractivity contribution in [1.29, 1.82) is 0 Å². The molecule has 0 spiro atoms. The maximum atomic E-state index is 6.19. The van der Waals surface area contributed by atoms with Gasteiger partial charge in [-0.25, -0.2) is 0 Å². The summed E-state index contributed by atoms with van der Waals surface area (Å²) >= 11 is 0. The predicted octanol–water partition coefficient (Wildman–Crippen LogP) is 6.08. The molecule has 104 valence electrons. The van der Waals surface area contributed by atoms with Crippen LogP contribution in [0.4, 0.5) is 0 Å². The van der Waals surface area contributed by atoms with Crippen LogP contribution in [0.15, 0.2) is 59.0 Å². The first kappa shape index (κ1) is 12.5. The first-order chi connectivity index (χ1) is 10.4. The van der Waals surface area contributed by atoms with Gasteiger partial charge in [-0.3, -0.25) is 0 Å². The third-order valence-corrected chi connectivity index (χ3v) is 4.25. The molecule has 4 aromatic rings. The zero-order valence-corrected chi connectivity index (χ0v) is 12.2. The molecule has 3 aromatic carbocycles. The lowest BCUT2D eigenvalue weighted by Gasteiger charge is -2.06. The second kappa shape index (κ2) is 4.92. The lowest BCUT2D eigenvalue weighted by atomic mass is 9.97. The van der Waals surface area contributed by atoms with Crippen molar-refractivity contribution in [3.63, 3.8) is 0 Å². The van der Waals surface area contributed by atoms with E-state index in [1.54, 1.807) is 0 Å². The van der Waals surface area contributed by atoms with E-state index in [0.717, 1.165) is 17.6 Å². The van der Waals surface area contributed by atoms with Crippen molar-refractivity contribution in [3.8, 4) is 0 Å². The highest BCUT2D eigenvalue weighted by atomic mass is 16.3. The molecule has 1 nitrogen and oxygen atoms in total. The van der Waals surface area contributed by atoms with Gasteiger partial charge < -0.3 is 4.42 Å². The van der Waals surface area contributed by atoms with E-state index in [2.05, 4.69) is 55.5 Å². The molecule has 0 saturated carbocycles. The number of benzene rings is 3. The Morgan fingerprint density at radius 1 is 0.905 bits per heavy atom. The van der Waals surface area contributed by atoms with E-state index in [9.17, 15) is 0 Å². The zero-order valence-electron chi connectivity index (χ0n) is 12.2. The van der Waals surface area contributed by atoms with Gasteiger partial charge in [-0.2, -0.15) is 0 Å². The molecule has 0 bridgehead atoms. The highest BCUT2D eigenvalue weighted by molar-refractivity contribution is 6.16. The largest absolute Gasteiger partial charge is 0.455 e. The fraction of sp³-hybridized carbons (Fsp3) is 0.200. The second-order valence-corrected chi connectivity index (χ2v) is 5.66. The van der Waals surface area contributed by atoms with Crippen molar-refractivity contribution in [2.75, 3.05) is 0 Å². The highest BCUT2D eigenvalue weighted by Crippen LogP contribution is 2.37. The average molecular weight is 274 g/mol. The van der Waals surface area contributed by atoms with Crippen LogP contribution in [0.3, 0.4) is 0 Å². The Morgan fingerprint density at radius 2 is 1.67 bits per heavy atom. The van der Waals surface area contributed by atoms with Crippen LogP contribution >= 0.6 is 0 Å². The number of aryl methyl sites for hydroxylation is 1. The number of rotatable bonds is 3. The molecular formula is C20H18O. The van der Waals surface area contributed by atoms with E-state index in [4.69, 9.17) is 4.42 Å². The molecule has 0 amide bonds. The molecule has 0 aliphatic heterocycles. The molecule has 0 unspecified atom stereocenters. The molecule has 21 heavy (non-hydrogen) atoms. The van der Waals surface area contributed by atoms with E-state index in [1.165, 1.54) is 39.9 Å². The Hall–Kier alpha value is -2.28. The van der Waals surface area contributed by atoms with Gasteiger partial charge in [0.05, 0.1) is 0 Å². The number of hydrogen-bond donors (Lipinski definition) is 0. The van der Waals surface area contributed by atoms with Gasteiger partial charge in [0.25, 0.3) is 0 Å². The van der Waals surface area contributed by atoms with E-state index < -0.39 is 0 Å². The van der Waals surface area contributed by atoms with Crippen molar-refractivity contribution in [1.82, 2.24) is 0 Å². The lowest BCUT2D eigenvalue weighted by molar-refractivity contribution is 0.672. The van der Waals surface area contributed by atoms with Gasteiger partial charge in [-0.1, -0.05) is 61.9 Å². The summed E-state index contributed by atoms with van der Waals surface area (Å²) in [5.74, 6) is 0. The van der Waals surface area contributed by atoms with Gasteiger partial charge in [0, 0.05) is 16.2 Å². The molecule has 1 heteroatoms. The lowest BCUT2D eigenvalue weighted by Crippen LogP contribution is -1.87. The summed E-state index contributed by atoms with van der Waals surface area (Å²) in [7, 11) is 0. The van der Waals surface area contributed by atoms with Gasteiger partial charge in [0.15, 0.2) is 0 Å². The quantitative estimate of drug-likeness (QED) is 0.441. The van der Waals surface area contributed by atoms with Crippen LogP contribution in [0, 0.1) is 0 Å². The SMILES string of the molecule is CCCCc1cc2ccccc2c2oc3ccccc3c12. The predicted molar refractivity (Wildman–Crippen MR) is 89.8 cm³/mol. The van der Waals surface area contributed by atoms with E-state index in [1.807, 2.05) is 6.07 Å². The third kappa shape index (κ3) is 1.92. The molecule has 0 saturated heterocycles. The van der Waals surface area contributed by atoms with Crippen LogP contribution in [0.2, 0.25) is 0 Å². The minimum absolute atomic E-state index is 0.988. The third-order valence-electron chi connectivity index (χ3n) is 4.25. The summed E-state index contributed by atoms with van der Waals surface area (Å²) in [4.78, 5) is 0. The number of unbranched alkanes of at least 4 members (excludes halogenated alkanes) is 1. The molecule has 0 aliphatic carbocycles. The molecule has 0 aliphatic rings. The minimum atomic E-state index is 0.988. The zero-order chi connectivity index (χ0) is 14.2. The standard InChI is InChI=1S/C20H18O/c1-2-3-8-15-13-14-9-4-5-10-16(14)20-19(15)17-11-6-7-12-18(17)21-20/h4-7,9-13H,2-3,8H2,1H3. The fourth-order valence-electron chi connectivity index (χ4n) is 3.21. The average Bonchev–Trinajstić information content (AvgIpc) is 2.92. The summed E-state index contributed by atoms with van der Waals surface area (Å²) in [6, 6.07) is 19.2. The Kier molecular flexibility index (Phi) is 2.92. The Labute approximate surface area is 124 Å². The molecule has 1 aromatic heterocycles. The van der Waals surface area contributed by atoms with Crippen LogP contribution in [0.1, 0.15) is 25.3 Å². The van der Waals surface area contributed by atoms with Gasteiger partial charge in [-0.05, 0) is 29.9 Å². The van der Waals surface area contributed by atoms with Crippen molar-refractivity contribution >= 4 is 32.7 Å². The second-order valence-electron chi connectivity index (χ2n) is 5.66. The molecular weight excluding hydrogens is 256 g/mol. The normalized spacial score (nSPS) is 11.7. The van der Waals surface area contributed by atoms with Crippen molar-refractivity contribution in [3.05, 3.63) is 60.2 Å². The van der Waals surface area contributed by atoms with E-state index >= 15 is 0 Å². The van der Waals surface area contributed by atoms with Gasteiger partial charge >= 0.3 is 0 Å². The monoisotopic (exact) mass is 274 g/mol. The van der Waals surface area contributed by atoms with Gasteiger partial charge in [0.1, 0.15) is 11.2 Å². The van der Waals surface area contributed by atoms with Crippen molar-refractivity contribution in [2.45, 2.75) is 26.2 Å². The Balaban J connectivity index is 2.16. The fourth-order valence-corrected chi connectivity index (χ4v) is 3.21. The first-order valence-electron chi connectivity index (χ1n) is 7.70. The first-order valence-corrected chi connectivity index (χ1v) is 7.70.